The van der Waals surface area contributed by atoms with Gasteiger partial charge in [0.05, 0.1) is 44.0 Å². The lowest BCUT2D eigenvalue weighted by atomic mass is 10.1. The number of rotatable bonds is 7. The predicted octanol–water partition coefficient (Wildman–Crippen LogP) is 4.08. The van der Waals surface area contributed by atoms with Crippen molar-refractivity contribution in [2.45, 2.75) is 6.29 Å². The van der Waals surface area contributed by atoms with Crippen molar-refractivity contribution >= 4 is 11.6 Å². The van der Waals surface area contributed by atoms with E-state index >= 15 is 0 Å². The fraction of sp³-hybridized carbons (Fsp3) is 0.240. The molecule has 0 bridgehead atoms. The summed E-state index contributed by atoms with van der Waals surface area (Å²) < 4.78 is 30.3. The Morgan fingerprint density at radius 2 is 1.80 bits per heavy atom. The van der Waals surface area contributed by atoms with Gasteiger partial charge in [0.2, 0.25) is 12.2 Å². The van der Waals surface area contributed by atoms with Crippen molar-refractivity contribution in [1.82, 2.24) is 19.9 Å². The van der Waals surface area contributed by atoms with E-state index in [0.717, 1.165) is 11.4 Å². The van der Waals surface area contributed by atoms with Crippen molar-refractivity contribution in [2.75, 3.05) is 32.2 Å². The fourth-order valence-electron chi connectivity index (χ4n) is 3.67. The monoisotopic (exact) mass is 477 g/mol. The molecule has 0 amide bonds. The number of methoxy groups -OCH3 is 1. The lowest BCUT2D eigenvalue weighted by molar-refractivity contribution is -0.213. The minimum atomic E-state index is -0.718. The Morgan fingerprint density at radius 3 is 2.49 bits per heavy atom. The zero-order valence-corrected chi connectivity index (χ0v) is 18.9. The van der Waals surface area contributed by atoms with E-state index in [1.165, 1.54) is 12.1 Å². The van der Waals surface area contributed by atoms with Crippen LogP contribution in [0.2, 0.25) is 0 Å². The second-order valence-electron chi connectivity index (χ2n) is 8.02. The van der Waals surface area contributed by atoms with E-state index < -0.39 is 6.29 Å². The van der Waals surface area contributed by atoms with Crippen LogP contribution >= 0.6 is 0 Å². The number of H-pyrrole nitrogens is 1. The second-order valence-corrected chi connectivity index (χ2v) is 8.02. The number of halogens is 1. The average Bonchev–Trinajstić information content (AvgIpc) is 3.35. The van der Waals surface area contributed by atoms with Crippen molar-refractivity contribution in [2.24, 2.45) is 5.92 Å². The third-order valence-electron chi connectivity index (χ3n) is 5.55. The minimum absolute atomic E-state index is 0.0120. The Balaban J connectivity index is 1.48. The van der Waals surface area contributed by atoms with Gasteiger partial charge in [0, 0.05) is 23.4 Å². The van der Waals surface area contributed by atoms with Gasteiger partial charge in [-0.25, -0.2) is 19.3 Å². The van der Waals surface area contributed by atoms with E-state index in [9.17, 15) is 9.50 Å². The first kappa shape index (κ1) is 22.9. The summed E-state index contributed by atoms with van der Waals surface area (Å²) >= 11 is 0. The molecule has 0 saturated carbocycles. The van der Waals surface area contributed by atoms with Crippen molar-refractivity contribution in [1.29, 1.82) is 0 Å². The average molecular weight is 477 g/mol. The van der Waals surface area contributed by atoms with E-state index in [0.29, 0.717) is 47.6 Å². The van der Waals surface area contributed by atoms with Crippen LogP contribution in [0.5, 0.6) is 5.75 Å². The second kappa shape index (κ2) is 10.2. The third kappa shape index (κ3) is 5.14. The van der Waals surface area contributed by atoms with Gasteiger partial charge in [-0.05, 0) is 54.6 Å². The Hall–Kier alpha value is -3.86. The van der Waals surface area contributed by atoms with Gasteiger partial charge in [0.1, 0.15) is 11.6 Å². The van der Waals surface area contributed by atoms with E-state index in [1.807, 2.05) is 24.3 Å². The molecule has 9 nitrogen and oxygen atoms in total. The Bertz CT molecular complexity index is 1270. The van der Waals surface area contributed by atoms with Gasteiger partial charge in [-0.2, -0.15) is 0 Å². The largest absolute Gasteiger partial charge is 0.497 e. The number of hydrogen-bond donors (Lipinski definition) is 3. The number of nitrogens with zero attached hydrogens (tertiary/aromatic N) is 3. The van der Waals surface area contributed by atoms with E-state index in [2.05, 4.69) is 20.3 Å². The molecule has 3 N–H and O–H groups in total. The molecule has 0 spiro atoms. The van der Waals surface area contributed by atoms with Gasteiger partial charge in [-0.1, -0.05) is 0 Å². The Labute approximate surface area is 201 Å². The van der Waals surface area contributed by atoms with Crippen LogP contribution in [0, 0.1) is 11.7 Å². The molecule has 0 atom stereocenters. The number of benzene rings is 2. The third-order valence-corrected chi connectivity index (χ3v) is 5.55. The SMILES string of the molecule is COc1ccc(Nc2nccc(-c3[nH]c(C4OCC(CO)CO4)nc3-c3ccc(F)cc3)n2)cc1. The van der Waals surface area contributed by atoms with E-state index in [-0.39, 0.29) is 18.3 Å². The number of aromatic amines is 1. The summed E-state index contributed by atoms with van der Waals surface area (Å²) in [5.74, 6) is 1.18. The normalized spacial score (nSPS) is 17.8. The molecule has 4 aromatic rings. The lowest BCUT2D eigenvalue weighted by Gasteiger charge is -2.26. The highest BCUT2D eigenvalue weighted by Crippen LogP contribution is 2.33. The number of hydrogen-bond acceptors (Lipinski definition) is 8. The topological polar surface area (TPSA) is 114 Å². The standard InChI is InChI=1S/C25H24FN5O4/c1-33-19-8-6-18(7-9-19)28-25-27-11-10-20(29-25)22-21(16-2-4-17(26)5-3-16)30-23(31-22)24-34-13-15(12-32)14-35-24/h2-11,15,24,32H,12-14H2,1H3,(H,30,31)(H,27,28,29). The molecule has 0 radical (unpaired) electrons. The molecule has 1 saturated heterocycles. The molecule has 1 aliphatic rings. The Kier molecular flexibility index (Phi) is 6.66. The highest BCUT2D eigenvalue weighted by molar-refractivity contribution is 5.77. The maximum atomic E-state index is 13.6. The summed E-state index contributed by atoms with van der Waals surface area (Å²) in [5.41, 5.74) is 3.28. The van der Waals surface area contributed by atoms with Crippen LogP contribution in [-0.2, 0) is 9.47 Å². The first-order valence-electron chi connectivity index (χ1n) is 11.1. The smallest absolute Gasteiger partial charge is 0.227 e. The predicted molar refractivity (Wildman–Crippen MR) is 127 cm³/mol. The zero-order chi connectivity index (χ0) is 24.2. The van der Waals surface area contributed by atoms with Gasteiger partial charge in [0.25, 0.3) is 0 Å². The Morgan fingerprint density at radius 1 is 1.06 bits per heavy atom. The van der Waals surface area contributed by atoms with E-state index in [4.69, 9.17) is 19.2 Å². The minimum Gasteiger partial charge on any atom is -0.497 e. The molecule has 180 valence electrons. The van der Waals surface area contributed by atoms with Crippen LogP contribution in [0.1, 0.15) is 12.1 Å². The lowest BCUT2D eigenvalue weighted by Crippen LogP contribution is -2.29. The van der Waals surface area contributed by atoms with Gasteiger partial charge in [-0.15, -0.1) is 0 Å². The first-order chi connectivity index (χ1) is 17.1. The van der Waals surface area contributed by atoms with Gasteiger partial charge in [0.15, 0.2) is 5.82 Å². The zero-order valence-electron chi connectivity index (χ0n) is 18.9. The number of ether oxygens (including phenoxy) is 3. The molecule has 0 unspecified atom stereocenters. The summed E-state index contributed by atoms with van der Waals surface area (Å²) in [6.45, 7) is 0.695. The van der Waals surface area contributed by atoms with Crippen molar-refractivity contribution in [3.63, 3.8) is 0 Å². The number of anilines is 2. The summed E-state index contributed by atoms with van der Waals surface area (Å²) in [7, 11) is 1.61. The number of aliphatic hydroxyl groups excluding tert-OH is 1. The quantitative estimate of drug-likeness (QED) is 0.365. The molecule has 1 aliphatic heterocycles. The van der Waals surface area contributed by atoms with Crippen LogP contribution in [-0.4, -0.2) is 52.0 Å². The van der Waals surface area contributed by atoms with Gasteiger partial charge in [-0.3, -0.25) is 0 Å². The molecule has 2 aromatic carbocycles. The van der Waals surface area contributed by atoms with Crippen LogP contribution in [0.4, 0.5) is 16.0 Å². The van der Waals surface area contributed by atoms with Crippen molar-refractivity contribution in [3.8, 4) is 28.4 Å². The van der Waals surface area contributed by atoms with Crippen molar-refractivity contribution in [3.05, 3.63) is 72.4 Å². The molecule has 10 heteroatoms. The summed E-state index contributed by atoms with van der Waals surface area (Å²) in [5, 5.41) is 12.5. The fourth-order valence-corrected chi connectivity index (χ4v) is 3.67. The molecule has 35 heavy (non-hydrogen) atoms. The number of aromatic nitrogens is 4. The number of nitrogens with one attached hydrogen (secondary N) is 2. The maximum absolute atomic E-state index is 13.6. The molecule has 2 aromatic heterocycles. The number of aliphatic hydroxyl groups is 1. The van der Waals surface area contributed by atoms with Gasteiger partial charge < -0.3 is 29.6 Å². The molecule has 5 rings (SSSR count). The molecule has 1 fully saturated rings. The van der Waals surface area contributed by atoms with Crippen LogP contribution in [0.3, 0.4) is 0 Å². The van der Waals surface area contributed by atoms with Crippen molar-refractivity contribution < 1.29 is 23.7 Å². The van der Waals surface area contributed by atoms with Crippen LogP contribution < -0.4 is 10.1 Å². The first-order valence-corrected chi connectivity index (χ1v) is 11.1. The van der Waals surface area contributed by atoms with E-state index in [1.54, 1.807) is 31.5 Å². The molecular weight excluding hydrogens is 453 g/mol. The number of imidazole rings is 1. The highest BCUT2D eigenvalue weighted by Gasteiger charge is 2.27. The highest BCUT2D eigenvalue weighted by atomic mass is 19.1. The molecular formula is C25H24FN5O4. The maximum Gasteiger partial charge on any atom is 0.227 e. The van der Waals surface area contributed by atoms with Crippen LogP contribution in [0.15, 0.2) is 60.8 Å². The summed E-state index contributed by atoms with van der Waals surface area (Å²) in [4.78, 5) is 17.0. The summed E-state index contributed by atoms with van der Waals surface area (Å²) in [6.07, 6.45) is 0.923. The molecule has 3 heterocycles. The summed E-state index contributed by atoms with van der Waals surface area (Å²) in [6, 6.07) is 15.2. The molecule has 0 aliphatic carbocycles. The van der Waals surface area contributed by atoms with Gasteiger partial charge >= 0.3 is 0 Å². The van der Waals surface area contributed by atoms with Crippen LogP contribution in [0.25, 0.3) is 22.6 Å².